The van der Waals surface area contributed by atoms with Crippen molar-refractivity contribution in [2.24, 2.45) is 0 Å². The highest BCUT2D eigenvalue weighted by Gasteiger charge is 2.15. The molecular formula is C22H29N5O3. The second-order valence-electron chi connectivity index (χ2n) is 7.38. The Labute approximate surface area is 177 Å². The van der Waals surface area contributed by atoms with Gasteiger partial charge in [-0.15, -0.1) is 0 Å². The van der Waals surface area contributed by atoms with E-state index in [4.69, 9.17) is 4.74 Å². The van der Waals surface area contributed by atoms with Gasteiger partial charge in [-0.3, -0.25) is 14.6 Å². The van der Waals surface area contributed by atoms with Gasteiger partial charge in [-0.2, -0.15) is 0 Å². The standard InChI is InChI=1S/C22H29N5O3/c1-17(28)20-7-3-5-18(24-20)15-26-11-9-23-10-12-27(14-13-26)16-19-6-4-8-21(25-19)22(29)30-2/h3-8,23H,9-16H2,1-2H3. The van der Waals surface area contributed by atoms with Crippen molar-refractivity contribution in [3.63, 3.8) is 0 Å². The van der Waals surface area contributed by atoms with Crippen LogP contribution in [0.2, 0.25) is 0 Å². The smallest absolute Gasteiger partial charge is 0.356 e. The van der Waals surface area contributed by atoms with Gasteiger partial charge in [-0.25, -0.2) is 14.8 Å². The van der Waals surface area contributed by atoms with E-state index in [1.807, 2.05) is 24.3 Å². The third-order valence-corrected chi connectivity index (χ3v) is 5.08. The molecule has 8 heteroatoms. The van der Waals surface area contributed by atoms with Gasteiger partial charge in [0.2, 0.25) is 0 Å². The van der Waals surface area contributed by atoms with Gasteiger partial charge < -0.3 is 10.1 Å². The Morgan fingerprint density at radius 1 is 0.900 bits per heavy atom. The SMILES string of the molecule is COC(=O)c1cccc(CN2CCNCCN(Cc3cccc(C(C)=O)n3)CC2)n1. The van der Waals surface area contributed by atoms with Gasteiger partial charge in [0.1, 0.15) is 11.4 Å². The molecule has 0 bridgehead atoms. The zero-order valence-electron chi connectivity index (χ0n) is 17.6. The molecule has 30 heavy (non-hydrogen) atoms. The highest BCUT2D eigenvalue weighted by Crippen LogP contribution is 2.08. The van der Waals surface area contributed by atoms with Crippen molar-refractivity contribution in [3.8, 4) is 0 Å². The Balaban J connectivity index is 1.63. The normalized spacial score (nSPS) is 16.3. The largest absolute Gasteiger partial charge is 0.464 e. The molecule has 1 aliphatic rings. The Bertz CT molecular complexity index is 873. The molecule has 0 atom stereocenters. The fourth-order valence-corrected chi connectivity index (χ4v) is 3.43. The van der Waals surface area contributed by atoms with E-state index >= 15 is 0 Å². The fraction of sp³-hybridized carbons (Fsp3) is 0.455. The number of ketones is 1. The average Bonchev–Trinajstić information content (AvgIpc) is 2.86. The molecule has 1 aliphatic heterocycles. The van der Waals surface area contributed by atoms with Crippen LogP contribution >= 0.6 is 0 Å². The van der Waals surface area contributed by atoms with Gasteiger partial charge in [-0.05, 0) is 24.3 Å². The molecule has 1 fully saturated rings. The number of pyridine rings is 2. The van der Waals surface area contributed by atoms with E-state index in [1.54, 1.807) is 12.1 Å². The second kappa shape index (κ2) is 10.9. The predicted molar refractivity (Wildman–Crippen MR) is 113 cm³/mol. The molecule has 0 saturated carbocycles. The molecule has 0 unspecified atom stereocenters. The number of esters is 1. The minimum absolute atomic E-state index is 0.0177. The maximum absolute atomic E-state index is 11.7. The second-order valence-corrected chi connectivity index (χ2v) is 7.38. The molecule has 3 rings (SSSR count). The van der Waals surface area contributed by atoms with Crippen LogP contribution in [0.15, 0.2) is 36.4 Å². The van der Waals surface area contributed by atoms with Crippen LogP contribution in [0, 0.1) is 0 Å². The molecule has 0 radical (unpaired) electrons. The zero-order valence-corrected chi connectivity index (χ0v) is 17.6. The van der Waals surface area contributed by atoms with Gasteiger partial charge in [-0.1, -0.05) is 12.1 Å². The summed E-state index contributed by atoms with van der Waals surface area (Å²) < 4.78 is 4.77. The summed E-state index contributed by atoms with van der Waals surface area (Å²) in [6, 6.07) is 11.0. The molecule has 0 amide bonds. The number of rotatable bonds is 6. The number of Topliss-reactive ketones (excluding diaryl/α,β-unsaturated/α-hetero) is 1. The van der Waals surface area contributed by atoms with E-state index in [0.29, 0.717) is 24.5 Å². The van der Waals surface area contributed by atoms with Crippen LogP contribution in [-0.4, -0.2) is 77.9 Å². The van der Waals surface area contributed by atoms with Crippen molar-refractivity contribution in [2.45, 2.75) is 20.0 Å². The monoisotopic (exact) mass is 411 g/mol. The molecule has 2 aromatic rings. The van der Waals surface area contributed by atoms with Crippen LogP contribution < -0.4 is 5.32 Å². The number of methoxy groups -OCH3 is 1. The minimum Gasteiger partial charge on any atom is -0.464 e. The molecule has 1 saturated heterocycles. The third-order valence-electron chi connectivity index (χ3n) is 5.08. The summed E-state index contributed by atoms with van der Waals surface area (Å²) in [5.74, 6) is -0.440. The number of carbonyl (C=O) groups excluding carboxylic acids is 2. The van der Waals surface area contributed by atoms with Crippen molar-refractivity contribution in [1.29, 1.82) is 0 Å². The van der Waals surface area contributed by atoms with Crippen LogP contribution in [-0.2, 0) is 17.8 Å². The number of carbonyl (C=O) groups is 2. The molecular weight excluding hydrogens is 382 g/mol. The Morgan fingerprint density at radius 2 is 1.43 bits per heavy atom. The van der Waals surface area contributed by atoms with Crippen molar-refractivity contribution >= 4 is 11.8 Å². The van der Waals surface area contributed by atoms with E-state index in [9.17, 15) is 9.59 Å². The van der Waals surface area contributed by atoms with Crippen molar-refractivity contribution < 1.29 is 14.3 Å². The van der Waals surface area contributed by atoms with Gasteiger partial charge in [0.25, 0.3) is 0 Å². The van der Waals surface area contributed by atoms with Crippen molar-refractivity contribution in [3.05, 3.63) is 59.2 Å². The maximum atomic E-state index is 11.7. The Morgan fingerprint density at radius 3 is 1.97 bits per heavy atom. The van der Waals surface area contributed by atoms with Gasteiger partial charge in [0.05, 0.1) is 18.5 Å². The Kier molecular flexibility index (Phi) is 8.01. The van der Waals surface area contributed by atoms with Crippen molar-refractivity contribution in [2.75, 3.05) is 46.4 Å². The summed E-state index contributed by atoms with van der Waals surface area (Å²) in [4.78, 5) is 36.9. The van der Waals surface area contributed by atoms with Gasteiger partial charge in [0, 0.05) is 59.3 Å². The number of nitrogens with zero attached hydrogens (tertiary/aromatic N) is 4. The van der Waals surface area contributed by atoms with E-state index in [2.05, 4.69) is 25.1 Å². The van der Waals surface area contributed by atoms with Crippen LogP contribution in [0.4, 0.5) is 0 Å². The lowest BCUT2D eigenvalue weighted by Gasteiger charge is -2.25. The molecule has 0 spiro atoms. The molecule has 160 valence electrons. The lowest BCUT2D eigenvalue weighted by atomic mass is 10.2. The van der Waals surface area contributed by atoms with E-state index < -0.39 is 5.97 Å². The molecule has 0 aromatic carbocycles. The lowest BCUT2D eigenvalue weighted by molar-refractivity contribution is 0.0593. The summed E-state index contributed by atoms with van der Waals surface area (Å²) >= 11 is 0. The molecule has 2 aromatic heterocycles. The fourth-order valence-electron chi connectivity index (χ4n) is 3.43. The third kappa shape index (κ3) is 6.41. The van der Waals surface area contributed by atoms with Crippen LogP contribution in [0.5, 0.6) is 0 Å². The number of ether oxygens (including phenoxy) is 1. The van der Waals surface area contributed by atoms with Crippen LogP contribution in [0.3, 0.4) is 0 Å². The first-order chi connectivity index (χ1) is 14.5. The van der Waals surface area contributed by atoms with E-state index in [0.717, 1.165) is 50.7 Å². The average molecular weight is 412 g/mol. The topological polar surface area (TPSA) is 87.7 Å². The molecule has 1 N–H and O–H groups in total. The number of hydrogen-bond donors (Lipinski definition) is 1. The summed E-state index contributed by atoms with van der Waals surface area (Å²) in [6.45, 7) is 8.26. The summed E-state index contributed by atoms with van der Waals surface area (Å²) in [5, 5.41) is 3.47. The molecule has 8 nitrogen and oxygen atoms in total. The van der Waals surface area contributed by atoms with Gasteiger partial charge in [0.15, 0.2) is 5.78 Å². The van der Waals surface area contributed by atoms with Crippen LogP contribution in [0.25, 0.3) is 0 Å². The highest BCUT2D eigenvalue weighted by atomic mass is 16.5. The van der Waals surface area contributed by atoms with E-state index in [-0.39, 0.29) is 5.78 Å². The first kappa shape index (κ1) is 22.0. The Hall–Kier alpha value is -2.68. The first-order valence-electron chi connectivity index (χ1n) is 10.2. The van der Waals surface area contributed by atoms with Crippen LogP contribution in [0.1, 0.15) is 39.3 Å². The summed E-state index contributed by atoms with van der Waals surface area (Å²) in [5.41, 5.74) is 2.59. The van der Waals surface area contributed by atoms with Gasteiger partial charge >= 0.3 is 5.97 Å². The highest BCUT2D eigenvalue weighted by molar-refractivity contribution is 5.92. The maximum Gasteiger partial charge on any atom is 0.356 e. The van der Waals surface area contributed by atoms with Crippen molar-refractivity contribution in [1.82, 2.24) is 25.1 Å². The lowest BCUT2D eigenvalue weighted by Crippen LogP contribution is -2.35. The minimum atomic E-state index is -0.422. The zero-order chi connectivity index (χ0) is 21.3. The summed E-state index contributed by atoms with van der Waals surface area (Å²) in [7, 11) is 1.36. The molecule has 3 heterocycles. The first-order valence-corrected chi connectivity index (χ1v) is 10.2. The summed E-state index contributed by atoms with van der Waals surface area (Å²) in [6.07, 6.45) is 0. The van der Waals surface area contributed by atoms with E-state index in [1.165, 1.54) is 14.0 Å². The number of hydrogen-bond acceptors (Lipinski definition) is 8. The molecule has 0 aliphatic carbocycles. The number of aromatic nitrogens is 2. The predicted octanol–water partition coefficient (Wildman–Crippen LogP) is 1.37. The number of nitrogens with one attached hydrogen (secondary N) is 1. The quantitative estimate of drug-likeness (QED) is 0.563.